The van der Waals surface area contributed by atoms with Crippen LogP contribution in [0, 0.1) is 5.92 Å². The average Bonchev–Trinajstić information content (AvgIpc) is 2.92. The van der Waals surface area contributed by atoms with Crippen LogP contribution in [0.25, 0.3) is 11.4 Å². The minimum absolute atomic E-state index is 0.161. The molecule has 0 bridgehead atoms. The number of rotatable bonds is 5. The Morgan fingerprint density at radius 1 is 1.35 bits per heavy atom. The van der Waals surface area contributed by atoms with E-state index >= 15 is 0 Å². The van der Waals surface area contributed by atoms with Crippen LogP contribution in [-0.2, 0) is 4.79 Å². The Labute approximate surface area is 117 Å². The summed E-state index contributed by atoms with van der Waals surface area (Å²) in [6, 6.07) is 6.88. The number of nitrogens with zero attached hydrogens (tertiary/aromatic N) is 2. The molecule has 0 radical (unpaired) electrons. The predicted molar refractivity (Wildman–Crippen MR) is 77.9 cm³/mol. The van der Waals surface area contributed by atoms with Gasteiger partial charge in [-0.2, -0.15) is 5.10 Å². The van der Waals surface area contributed by atoms with Crippen LogP contribution in [0.2, 0.25) is 0 Å². The topological polar surface area (TPSA) is 96.7 Å². The van der Waals surface area contributed by atoms with E-state index in [9.17, 15) is 4.79 Å². The molecule has 1 atom stereocenters. The van der Waals surface area contributed by atoms with E-state index < -0.39 is 6.04 Å². The molecule has 6 nitrogen and oxygen atoms in total. The molecular formula is C14H19N5O. The lowest BCUT2D eigenvalue weighted by Gasteiger charge is -2.14. The number of aromatic amines is 1. The van der Waals surface area contributed by atoms with E-state index in [0.29, 0.717) is 18.2 Å². The third-order valence-electron chi connectivity index (χ3n) is 2.90. The van der Waals surface area contributed by atoms with Crippen molar-refractivity contribution >= 4 is 11.6 Å². The van der Waals surface area contributed by atoms with Crippen LogP contribution < -0.4 is 11.1 Å². The summed E-state index contributed by atoms with van der Waals surface area (Å²) in [5, 5.41) is 9.39. The number of aromatic nitrogens is 3. The highest BCUT2D eigenvalue weighted by Gasteiger charge is 2.15. The summed E-state index contributed by atoms with van der Waals surface area (Å²) in [6.07, 6.45) is 2.12. The number of carbonyl (C=O) groups is 1. The van der Waals surface area contributed by atoms with Crippen LogP contribution in [0.5, 0.6) is 0 Å². The smallest absolute Gasteiger partial charge is 0.241 e. The Balaban J connectivity index is 1.99. The minimum Gasteiger partial charge on any atom is -0.325 e. The molecule has 1 aromatic heterocycles. The summed E-state index contributed by atoms with van der Waals surface area (Å²) in [5.41, 5.74) is 7.47. The molecule has 2 rings (SSSR count). The van der Waals surface area contributed by atoms with Crippen molar-refractivity contribution in [2.75, 3.05) is 5.32 Å². The monoisotopic (exact) mass is 273 g/mol. The van der Waals surface area contributed by atoms with Crippen LogP contribution in [0.4, 0.5) is 5.69 Å². The third-order valence-corrected chi connectivity index (χ3v) is 2.90. The van der Waals surface area contributed by atoms with Crippen LogP contribution >= 0.6 is 0 Å². The lowest BCUT2D eigenvalue weighted by Crippen LogP contribution is -2.36. The summed E-state index contributed by atoms with van der Waals surface area (Å²) in [4.78, 5) is 16.0. The van der Waals surface area contributed by atoms with Crippen molar-refractivity contribution in [3.05, 3.63) is 30.6 Å². The average molecular weight is 273 g/mol. The number of anilines is 1. The zero-order chi connectivity index (χ0) is 14.5. The second-order valence-corrected chi connectivity index (χ2v) is 5.14. The second-order valence-electron chi connectivity index (χ2n) is 5.14. The standard InChI is InChI=1S/C14H19N5O/c1-9(2)7-12(15)14(20)18-11-5-3-10(4-6-11)13-16-8-17-19-13/h3-6,8-9,12H,7,15H2,1-2H3,(H,18,20)(H,16,17,19)/t12-/m0/s1. The molecule has 0 saturated carbocycles. The van der Waals surface area contributed by atoms with Gasteiger partial charge in [0, 0.05) is 11.3 Å². The maximum absolute atomic E-state index is 11.9. The molecule has 0 aliphatic rings. The molecule has 0 spiro atoms. The maximum atomic E-state index is 11.9. The fourth-order valence-electron chi connectivity index (χ4n) is 1.91. The van der Waals surface area contributed by atoms with Gasteiger partial charge in [-0.1, -0.05) is 13.8 Å². The molecule has 2 aromatic rings. The summed E-state index contributed by atoms with van der Waals surface area (Å²) in [5.74, 6) is 0.926. The molecule has 0 unspecified atom stereocenters. The van der Waals surface area contributed by atoms with Crippen molar-refractivity contribution in [3.63, 3.8) is 0 Å². The van der Waals surface area contributed by atoms with Gasteiger partial charge in [0.2, 0.25) is 5.91 Å². The molecule has 1 amide bonds. The number of H-pyrrole nitrogens is 1. The normalized spacial score (nSPS) is 12.4. The quantitative estimate of drug-likeness (QED) is 0.773. The first-order valence-corrected chi connectivity index (χ1v) is 6.58. The Bertz CT molecular complexity index is 547. The molecule has 20 heavy (non-hydrogen) atoms. The fourth-order valence-corrected chi connectivity index (χ4v) is 1.91. The predicted octanol–water partition coefficient (Wildman–Crippen LogP) is 1.78. The number of nitrogens with two attached hydrogens (primary N) is 1. The van der Waals surface area contributed by atoms with Gasteiger partial charge in [0.25, 0.3) is 0 Å². The van der Waals surface area contributed by atoms with Crippen LogP contribution in [0.1, 0.15) is 20.3 Å². The number of amides is 1. The molecule has 0 aliphatic carbocycles. The van der Waals surface area contributed by atoms with Gasteiger partial charge in [0.15, 0.2) is 5.82 Å². The lowest BCUT2D eigenvalue weighted by molar-refractivity contribution is -0.117. The van der Waals surface area contributed by atoms with Gasteiger partial charge >= 0.3 is 0 Å². The zero-order valence-electron chi connectivity index (χ0n) is 11.6. The minimum atomic E-state index is -0.482. The largest absolute Gasteiger partial charge is 0.325 e. The van der Waals surface area contributed by atoms with Gasteiger partial charge in [0.05, 0.1) is 6.04 Å². The SMILES string of the molecule is CC(C)C[C@H](N)C(=O)Nc1ccc(-c2ncn[nH]2)cc1. The Morgan fingerprint density at radius 2 is 2.05 bits per heavy atom. The molecule has 106 valence electrons. The van der Waals surface area contributed by atoms with Crippen LogP contribution in [0.15, 0.2) is 30.6 Å². The van der Waals surface area contributed by atoms with E-state index in [4.69, 9.17) is 5.73 Å². The number of carbonyl (C=O) groups excluding carboxylic acids is 1. The Kier molecular flexibility index (Phi) is 4.47. The van der Waals surface area contributed by atoms with Crippen molar-refractivity contribution in [2.45, 2.75) is 26.3 Å². The highest BCUT2D eigenvalue weighted by molar-refractivity contribution is 5.94. The van der Waals surface area contributed by atoms with Gasteiger partial charge in [-0.3, -0.25) is 9.89 Å². The molecule has 6 heteroatoms. The highest BCUT2D eigenvalue weighted by atomic mass is 16.2. The molecule has 0 saturated heterocycles. The van der Waals surface area contributed by atoms with Gasteiger partial charge in [0.1, 0.15) is 6.33 Å². The van der Waals surface area contributed by atoms with Crippen molar-refractivity contribution in [1.29, 1.82) is 0 Å². The summed E-state index contributed by atoms with van der Waals surface area (Å²) in [6.45, 7) is 4.08. The van der Waals surface area contributed by atoms with E-state index in [-0.39, 0.29) is 5.91 Å². The third kappa shape index (κ3) is 3.64. The zero-order valence-corrected chi connectivity index (χ0v) is 11.6. The first kappa shape index (κ1) is 14.2. The van der Waals surface area contributed by atoms with Crippen molar-refractivity contribution in [1.82, 2.24) is 15.2 Å². The van der Waals surface area contributed by atoms with Gasteiger partial charge in [-0.25, -0.2) is 4.98 Å². The van der Waals surface area contributed by atoms with Crippen molar-refractivity contribution in [3.8, 4) is 11.4 Å². The molecule has 1 aromatic carbocycles. The molecule has 1 heterocycles. The maximum Gasteiger partial charge on any atom is 0.241 e. The fraction of sp³-hybridized carbons (Fsp3) is 0.357. The molecular weight excluding hydrogens is 254 g/mol. The molecule has 4 N–H and O–H groups in total. The second kappa shape index (κ2) is 6.29. The number of nitrogens with one attached hydrogen (secondary N) is 2. The summed E-state index contributed by atoms with van der Waals surface area (Å²) in [7, 11) is 0. The van der Waals surface area contributed by atoms with Gasteiger partial charge in [-0.15, -0.1) is 0 Å². The van der Waals surface area contributed by atoms with E-state index in [1.54, 1.807) is 0 Å². The molecule has 0 aliphatic heterocycles. The van der Waals surface area contributed by atoms with Crippen molar-refractivity contribution < 1.29 is 4.79 Å². The summed E-state index contributed by atoms with van der Waals surface area (Å²) >= 11 is 0. The van der Waals surface area contributed by atoms with Crippen molar-refractivity contribution in [2.24, 2.45) is 11.7 Å². The molecule has 0 fully saturated rings. The Hall–Kier alpha value is -2.21. The van der Waals surface area contributed by atoms with E-state index in [2.05, 4.69) is 20.5 Å². The van der Waals surface area contributed by atoms with Crippen LogP contribution in [-0.4, -0.2) is 27.1 Å². The number of benzene rings is 1. The summed E-state index contributed by atoms with van der Waals surface area (Å²) < 4.78 is 0. The lowest BCUT2D eigenvalue weighted by atomic mass is 10.0. The van der Waals surface area contributed by atoms with Gasteiger partial charge in [-0.05, 0) is 36.6 Å². The van der Waals surface area contributed by atoms with E-state index in [1.165, 1.54) is 6.33 Å². The first-order chi connectivity index (χ1) is 9.56. The highest BCUT2D eigenvalue weighted by Crippen LogP contribution is 2.17. The van der Waals surface area contributed by atoms with Gasteiger partial charge < -0.3 is 11.1 Å². The van der Waals surface area contributed by atoms with E-state index in [0.717, 1.165) is 11.3 Å². The number of hydrogen-bond donors (Lipinski definition) is 3. The number of hydrogen-bond acceptors (Lipinski definition) is 4. The van der Waals surface area contributed by atoms with Crippen LogP contribution in [0.3, 0.4) is 0 Å². The van der Waals surface area contributed by atoms with E-state index in [1.807, 2.05) is 38.1 Å². The Morgan fingerprint density at radius 3 is 2.60 bits per heavy atom. The first-order valence-electron chi connectivity index (χ1n) is 6.58.